The molecule has 0 aromatic carbocycles. The number of nitrogens with zero attached hydrogens (tertiary/aromatic N) is 2. The molecule has 0 bridgehead atoms. The second-order valence-electron chi connectivity index (χ2n) is 5.07. The van der Waals surface area contributed by atoms with Crippen molar-refractivity contribution in [2.24, 2.45) is 12.8 Å². The first-order valence-electron chi connectivity index (χ1n) is 6.62. The third-order valence-electron chi connectivity index (χ3n) is 3.17. The lowest BCUT2D eigenvalue weighted by molar-refractivity contribution is 0.168. The molecular weight excluding hydrogens is 244 g/mol. The van der Waals surface area contributed by atoms with Gasteiger partial charge in [-0.1, -0.05) is 0 Å². The molecule has 0 aliphatic rings. The fourth-order valence-electron chi connectivity index (χ4n) is 2.49. The quantitative estimate of drug-likeness (QED) is 0.671. The second-order valence-corrected chi connectivity index (χ2v) is 5.07. The van der Waals surface area contributed by atoms with Gasteiger partial charge in [-0.2, -0.15) is 5.10 Å². The van der Waals surface area contributed by atoms with E-state index in [1.807, 2.05) is 20.9 Å². The minimum Gasteiger partial charge on any atom is -0.481 e. The van der Waals surface area contributed by atoms with Crippen LogP contribution in [0.5, 0.6) is 5.88 Å². The van der Waals surface area contributed by atoms with Crippen LogP contribution in [0.15, 0.2) is 0 Å². The lowest BCUT2D eigenvalue weighted by Crippen LogP contribution is -2.37. The monoisotopic (exact) mass is 270 g/mol. The number of aryl methyl sites for hydroxylation is 2. The number of aliphatic hydroxyl groups is 1. The highest BCUT2D eigenvalue weighted by Crippen LogP contribution is 2.27. The number of rotatable bonds is 7. The number of aliphatic hydroxyl groups excluding tert-OH is 1. The molecule has 0 fully saturated rings. The Hall–Kier alpha value is -1.11. The van der Waals surface area contributed by atoms with Gasteiger partial charge in [-0.05, 0) is 27.2 Å². The van der Waals surface area contributed by atoms with Gasteiger partial charge in [0.05, 0.1) is 30.5 Å². The summed E-state index contributed by atoms with van der Waals surface area (Å²) in [6.07, 6.45) is 0.343. The Kier molecular flexibility index (Phi) is 5.78. The van der Waals surface area contributed by atoms with Gasteiger partial charge in [-0.25, -0.2) is 4.68 Å². The van der Waals surface area contributed by atoms with Gasteiger partial charge >= 0.3 is 0 Å². The Morgan fingerprint density at radius 1 is 1.47 bits per heavy atom. The van der Waals surface area contributed by atoms with E-state index in [9.17, 15) is 5.11 Å². The molecule has 0 aliphatic carbocycles. The zero-order valence-electron chi connectivity index (χ0n) is 12.5. The molecule has 0 radical (unpaired) electrons. The number of aromatic nitrogens is 2. The molecule has 19 heavy (non-hydrogen) atoms. The molecule has 4 N–H and O–H groups in total. The Morgan fingerprint density at radius 2 is 2.11 bits per heavy atom. The second kappa shape index (κ2) is 6.88. The molecule has 0 saturated heterocycles. The largest absolute Gasteiger partial charge is 0.481 e. The zero-order valence-corrected chi connectivity index (χ0v) is 12.5. The van der Waals surface area contributed by atoms with Crippen molar-refractivity contribution in [3.8, 4) is 5.88 Å². The predicted octanol–water partition coefficient (Wildman–Crippen LogP) is 0.486. The zero-order chi connectivity index (χ0) is 14.6. The molecule has 1 rings (SSSR count). The summed E-state index contributed by atoms with van der Waals surface area (Å²) in [5.41, 5.74) is 7.77. The maximum atomic E-state index is 9.43. The van der Waals surface area contributed by atoms with Gasteiger partial charge in [0.1, 0.15) is 0 Å². The van der Waals surface area contributed by atoms with E-state index in [0.29, 0.717) is 13.0 Å². The first-order chi connectivity index (χ1) is 8.90. The molecule has 1 aromatic heterocycles. The SMILES string of the molecule is COc1c(C(CN)NC(C)CC(C)O)c(C)nn1C. The number of ether oxygens (including phenoxy) is 1. The van der Waals surface area contributed by atoms with Crippen LogP contribution < -0.4 is 15.8 Å². The van der Waals surface area contributed by atoms with Crippen molar-refractivity contribution in [1.82, 2.24) is 15.1 Å². The highest BCUT2D eigenvalue weighted by molar-refractivity contribution is 5.34. The van der Waals surface area contributed by atoms with Gasteiger partial charge in [0.25, 0.3) is 0 Å². The van der Waals surface area contributed by atoms with Crippen LogP contribution in [0, 0.1) is 6.92 Å². The number of nitrogens with two attached hydrogens (primary N) is 1. The molecule has 0 spiro atoms. The molecule has 1 aromatic rings. The Morgan fingerprint density at radius 3 is 2.58 bits per heavy atom. The Labute approximate surface area is 114 Å². The minimum atomic E-state index is -0.335. The van der Waals surface area contributed by atoms with Crippen molar-refractivity contribution in [2.45, 2.75) is 45.4 Å². The van der Waals surface area contributed by atoms with E-state index in [1.54, 1.807) is 18.7 Å². The number of hydrogen-bond donors (Lipinski definition) is 3. The van der Waals surface area contributed by atoms with Crippen LogP contribution in [0.3, 0.4) is 0 Å². The van der Waals surface area contributed by atoms with Crippen LogP contribution in [0.2, 0.25) is 0 Å². The number of methoxy groups -OCH3 is 1. The summed E-state index contributed by atoms with van der Waals surface area (Å²) in [7, 11) is 3.48. The van der Waals surface area contributed by atoms with Crippen molar-refractivity contribution < 1.29 is 9.84 Å². The van der Waals surface area contributed by atoms with Crippen LogP contribution in [0.4, 0.5) is 0 Å². The standard InChI is InChI=1S/C13H26N4O2/c1-8(6-9(2)18)15-11(7-14)12-10(3)16-17(4)13(12)19-5/h8-9,11,15,18H,6-7,14H2,1-5H3. The highest BCUT2D eigenvalue weighted by atomic mass is 16.5. The Balaban J connectivity index is 2.91. The summed E-state index contributed by atoms with van der Waals surface area (Å²) in [6.45, 7) is 6.22. The third-order valence-corrected chi connectivity index (χ3v) is 3.17. The van der Waals surface area contributed by atoms with Crippen molar-refractivity contribution in [1.29, 1.82) is 0 Å². The smallest absolute Gasteiger partial charge is 0.216 e. The Bertz CT molecular complexity index is 404. The predicted molar refractivity (Wildman–Crippen MR) is 75.2 cm³/mol. The van der Waals surface area contributed by atoms with Crippen LogP contribution >= 0.6 is 0 Å². The molecular formula is C13H26N4O2. The van der Waals surface area contributed by atoms with Gasteiger partial charge in [0.2, 0.25) is 5.88 Å². The van der Waals surface area contributed by atoms with Gasteiger partial charge < -0.3 is 20.9 Å². The first-order valence-corrected chi connectivity index (χ1v) is 6.62. The lowest BCUT2D eigenvalue weighted by Gasteiger charge is -2.23. The maximum Gasteiger partial charge on any atom is 0.216 e. The summed E-state index contributed by atoms with van der Waals surface area (Å²) >= 11 is 0. The summed E-state index contributed by atoms with van der Waals surface area (Å²) in [5, 5.41) is 17.2. The molecule has 3 atom stereocenters. The lowest BCUT2D eigenvalue weighted by atomic mass is 10.0. The summed E-state index contributed by atoms with van der Waals surface area (Å²) < 4.78 is 7.11. The van der Waals surface area contributed by atoms with Crippen LogP contribution in [-0.2, 0) is 7.05 Å². The van der Waals surface area contributed by atoms with E-state index in [-0.39, 0.29) is 18.2 Å². The van der Waals surface area contributed by atoms with E-state index < -0.39 is 0 Å². The molecule has 0 aliphatic heterocycles. The van der Waals surface area contributed by atoms with Crippen molar-refractivity contribution in [2.75, 3.05) is 13.7 Å². The molecule has 0 amide bonds. The first kappa shape index (κ1) is 15.9. The molecule has 6 heteroatoms. The fraction of sp³-hybridized carbons (Fsp3) is 0.769. The topological polar surface area (TPSA) is 85.3 Å². The number of nitrogens with one attached hydrogen (secondary N) is 1. The van der Waals surface area contributed by atoms with Gasteiger partial charge in [0.15, 0.2) is 0 Å². The van der Waals surface area contributed by atoms with Crippen molar-refractivity contribution >= 4 is 0 Å². The van der Waals surface area contributed by atoms with E-state index in [1.165, 1.54) is 0 Å². The summed E-state index contributed by atoms with van der Waals surface area (Å²) in [6, 6.07) is 0.135. The van der Waals surface area contributed by atoms with Crippen LogP contribution in [-0.4, -0.2) is 40.7 Å². The van der Waals surface area contributed by atoms with E-state index >= 15 is 0 Å². The molecule has 110 valence electrons. The van der Waals surface area contributed by atoms with Crippen LogP contribution in [0.1, 0.15) is 37.6 Å². The average molecular weight is 270 g/mol. The van der Waals surface area contributed by atoms with E-state index in [2.05, 4.69) is 10.4 Å². The third kappa shape index (κ3) is 3.92. The van der Waals surface area contributed by atoms with Gasteiger partial charge in [-0.15, -0.1) is 0 Å². The molecule has 3 unspecified atom stereocenters. The number of hydrogen-bond acceptors (Lipinski definition) is 5. The van der Waals surface area contributed by atoms with Crippen LogP contribution in [0.25, 0.3) is 0 Å². The minimum absolute atomic E-state index is 0.0302. The van der Waals surface area contributed by atoms with Gasteiger partial charge in [0, 0.05) is 19.6 Å². The summed E-state index contributed by atoms with van der Waals surface area (Å²) in [4.78, 5) is 0. The molecule has 6 nitrogen and oxygen atoms in total. The van der Waals surface area contributed by atoms with E-state index in [0.717, 1.165) is 17.1 Å². The molecule has 1 heterocycles. The average Bonchev–Trinajstić information content (AvgIpc) is 2.59. The fourth-order valence-corrected chi connectivity index (χ4v) is 2.49. The van der Waals surface area contributed by atoms with Crippen molar-refractivity contribution in [3.05, 3.63) is 11.3 Å². The summed E-state index contributed by atoms with van der Waals surface area (Å²) in [5.74, 6) is 0.727. The van der Waals surface area contributed by atoms with E-state index in [4.69, 9.17) is 10.5 Å². The van der Waals surface area contributed by atoms with Gasteiger partial charge in [-0.3, -0.25) is 0 Å². The molecule has 0 saturated carbocycles. The maximum absolute atomic E-state index is 9.43. The van der Waals surface area contributed by atoms with Crippen molar-refractivity contribution in [3.63, 3.8) is 0 Å². The normalized spacial score (nSPS) is 16.2. The highest BCUT2D eigenvalue weighted by Gasteiger charge is 2.23.